The van der Waals surface area contributed by atoms with Crippen molar-refractivity contribution < 1.29 is 0 Å². The van der Waals surface area contributed by atoms with Crippen LogP contribution < -0.4 is 11.5 Å². The van der Waals surface area contributed by atoms with Gasteiger partial charge in [-0.15, -0.1) is 0 Å². The van der Waals surface area contributed by atoms with Crippen molar-refractivity contribution in [3.8, 4) is 0 Å². The van der Waals surface area contributed by atoms with E-state index in [1.807, 2.05) is 25.2 Å². The maximum absolute atomic E-state index is 5.65. The van der Waals surface area contributed by atoms with E-state index in [-0.39, 0.29) is 0 Å². The fraction of sp³-hybridized carbons (Fsp3) is 0.250. The largest absolute Gasteiger partial charge is 0.399 e. The molecule has 0 unspecified atom stereocenters. The molecule has 0 amide bonds. The maximum Gasteiger partial charge on any atom is 0.0361 e. The molecule has 0 fully saturated rings. The van der Waals surface area contributed by atoms with Crippen LogP contribution in [0, 0.1) is 0 Å². The van der Waals surface area contributed by atoms with Gasteiger partial charge in [-0.2, -0.15) is 0 Å². The molecule has 4 N–H and O–H groups in total. The van der Waals surface area contributed by atoms with Gasteiger partial charge in [0.2, 0.25) is 0 Å². The molecular weight excluding hydrogens is 124 g/mol. The van der Waals surface area contributed by atoms with Gasteiger partial charge in [0.05, 0.1) is 0 Å². The highest BCUT2D eigenvalue weighted by Gasteiger charge is 1.99. The number of rotatable bonds is 0. The van der Waals surface area contributed by atoms with Crippen LogP contribution in [-0.4, -0.2) is 0 Å². The Kier molecular flexibility index (Phi) is 1.81. The van der Waals surface area contributed by atoms with Crippen molar-refractivity contribution in [1.29, 1.82) is 0 Å². The molecule has 0 saturated heterocycles. The number of allylic oxidation sites excluding steroid dienone is 4. The summed E-state index contributed by atoms with van der Waals surface area (Å²) in [6.45, 7) is 1.93. The summed E-state index contributed by atoms with van der Waals surface area (Å²) < 4.78 is 0. The Labute approximate surface area is 60.9 Å². The monoisotopic (exact) mass is 136 g/mol. The summed E-state index contributed by atoms with van der Waals surface area (Å²) in [5.74, 6) is 0. The van der Waals surface area contributed by atoms with E-state index in [0.717, 1.165) is 23.4 Å². The predicted molar refractivity (Wildman–Crippen MR) is 42.9 cm³/mol. The predicted octanol–water partition coefficient (Wildman–Crippen LogP) is 1.02. The summed E-state index contributed by atoms with van der Waals surface area (Å²) in [6, 6.07) is 0. The standard InChI is InChI=1S/C8H12N2/c1-6-7(9)4-2-3-5-8(6)10/h2,4-5H,3,9-10H2,1H3. The van der Waals surface area contributed by atoms with Gasteiger partial charge in [0.1, 0.15) is 0 Å². The molecule has 0 radical (unpaired) electrons. The van der Waals surface area contributed by atoms with E-state index in [1.54, 1.807) is 0 Å². The van der Waals surface area contributed by atoms with Gasteiger partial charge in [-0.05, 0) is 25.0 Å². The number of hydrogen-bond donors (Lipinski definition) is 2. The Bertz CT molecular complexity index is 221. The molecule has 0 spiro atoms. The third-order valence-electron chi connectivity index (χ3n) is 1.64. The van der Waals surface area contributed by atoms with Crippen molar-refractivity contribution in [3.63, 3.8) is 0 Å². The molecule has 1 aliphatic rings. The topological polar surface area (TPSA) is 52.0 Å². The van der Waals surface area contributed by atoms with Gasteiger partial charge in [0, 0.05) is 11.4 Å². The average molecular weight is 136 g/mol. The van der Waals surface area contributed by atoms with Crippen molar-refractivity contribution in [2.45, 2.75) is 13.3 Å². The van der Waals surface area contributed by atoms with Crippen molar-refractivity contribution in [3.05, 3.63) is 35.2 Å². The first kappa shape index (κ1) is 6.93. The molecule has 0 atom stereocenters. The lowest BCUT2D eigenvalue weighted by Crippen LogP contribution is -2.04. The normalized spacial score (nSPS) is 18.7. The van der Waals surface area contributed by atoms with Gasteiger partial charge in [-0.1, -0.05) is 12.2 Å². The van der Waals surface area contributed by atoms with Crippen LogP contribution >= 0.6 is 0 Å². The first-order valence-electron chi connectivity index (χ1n) is 3.30. The lowest BCUT2D eigenvalue weighted by molar-refractivity contribution is 1.21. The van der Waals surface area contributed by atoms with E-state index < -0.39 is 0 Å². The molecule has 0 saturated carbocycles. The fourth-order valence-electron chi connectivity index (χ4n) is 0.835. The van der Waals surface area contributed by atoms with E-state index in [9.17, 15) is 0 Å². The van der Waals surface area contributed by atoms with Crippen molar-refractivity contribution in [1.82, 2.24) is 0 Å². The summed E-state index contributed by atoms with van der Waals surface area (Å²) in [4.78, 5) is 0. The summed E-state index contributed by atoms with van der Waals surface area (Å²) in [5.41, 5.74) is 13.8. The molecule has 0 aliphatic heterocycles. The molecule has 54 valence electrons. The molecular formula is C8H12N2. The Balaban J connectivity index is 3.02. The first-order chi connectivity index (χ1) is 4.72. The molecule has 2 heteroatoms. The van der Waals surface area contributed by atoms with Gasteiger partial charge >= 0.3 is 0 Å². The zero-order valence-corrected chi connectivity index (χ0v) is 6.09. The summed E-state index contributed by atoms with van der Waals surface area (Å²) in [5, 5.41) is 0. The van der Waals surface area contributed by atoms with Crippen LogP contribution in [0.15, 0.2) is 35.2 Å². The van der Waals surface area contributed by atoms with E-state index in [2.05, 4.69) is 0 Å². The lowest BCUT2D eigenvalue weighted by atomic mass is 10.2. The molecule has 0 aromatic rings. The second-order valence-electron chi connectivity index (χ2n) is 2.38. The SMILES string of the molecule is CC1=C(N)C=CCC=C1N. The Morgan fingerprint density at radius 3 is 2.80 bits per heavy atom. The first-order valence-corrected chi connectivity index (χ1v) is 3.30. The smallest absolute Gasteiger partial charge is 0.0361 e. The molecule has 0 aromatic heterocycles. The number of nitrogens with two attached hydrogens (primary N) is 2. The van der Waals surface area contributed by atoms with E-state index in [0.29, 0.717) is 0 Å². The Hall–Kier alpha value is -1.18. The van der Waals surface area contributed by atoms with E-state index in [1.165, 1.54) is 0 Å². The third kappa shape index (κ3) is 1.21. The van der Waals surface area contributed by atoms with Gasteiger partial charge in [0.25, 0.3) is 0 Å². The summed E-state index contributed by atoms with van der Waals surface area (Å²) >= 11 is 0. The minimum Gasteiger partial charge on any atom is -0.399 e. The van der Waals surface area contributed by atoms with Gasteiger partial charge in [0.15, 0.2) is 0 Å². The number of hydrogen-bond acceptors (Lipinski definition) is 2. The minimum atomic E-state index is 0.770. The van der Waals surface area contributed by atoms with Crippen molar-refractivity contribution >= 4 is 0 Å². The molecule has 2 nitrogen and oxygen atoms in total. The highest BCUT2D eigenvalue weighted by molar-refractivity contribution is 5.37. The van der Waals surface area contributed by atoms with Gasteiger partial charge < -0.3 is 11.5 Å². The van der Waals surface area contributed by atoms with Crippen molar-refractivity contribution in [2.75, 3.05) is 0 Å². The van der Waals surface area contributed by atoms with Gasteiger partial charge in [-0.3, -0.25) is 0 Å². The average Bonchev–Trinajstić information content (AvgIpc) is 2.04. The molecule has 1 aliphatic carbocycles. The highest BCUT2D eigenvalue weighted by Crippen LogP contribution is 2.11. The second kappa shape index (κ2) is 2.60. The van der Waals surface area contributed by atoms with E-state index in [4.69, 9.17) is 11.5 Å². The Morgan fingerprint density at radius 1 is 1.40 bits per heavy atom. The lowest BCUT2D eigenvalue weighted by Gasteiger charge is -2.00. The zero-order valence-electron chi connectivity index (χ0n) is 6.09. The Morgan fingerprint density at radius 2 is 2.10 bits per heavy atom. The van der Waals surface area contributed by atoms with Crippen molar-refractivity contribution in [2.24, 2.45) is 11.5 Å². The molecule has 1 rings (SSSR count). The quantitative estimate of drug-likeness (QED) is 0.522. The van der Waals surface area contributed by atoms with Crippen LogP contribution in [0.25, 0.3) is 0 Å². The third-order valence-corrected chi connectivity index (χ3v) is 1.64. The van der Waals surface area contributed by atoms with Crippen LogP contribution in [0.4, 0.5) is 0 Å². The van der Waals surface area contributed by atoms with E-state index >= 15 is 0 Å². The van der Waals surface area contributed by atoms with Crippen LogP contribution in [0.5, 0.6) is 0 Å². The summed E-state index contributed by atoms with van der Waals surface area (Å²) in [7, 11) is 0. The molecule has 0 aromatic carbocycles. The van der Waals surface area contributed by atoms with Crippen LogP contribution in [0.3, 0.4) is 0 Å². The molecule has 10 heavy (non-hydrogen) atoms. The van der Waals surface area contributed by atoms with Crippen LogP contribution in [-0.2, 0) is 0 Å². The fourth-order valence-corrected chi connectivity index (χ4v) is 0.835. The molecule has 0 heterocycles. The summed E-state index contributed by atoms with van der Waals surface area (Å²) in [6.07, 6.45) is 6.74. The second-order valence-corrected chi connectivity index (χ2v) is 2.38. The van der Waals surface area contributed by atoms with Crippen LogP contribution in [0.2, 0.25) is 0 Å². The maximum atomic E-state index is 5.65. The van der Waals surface area contributed by atoms with Crippen LogP contribution in [0.1, 0.15) is 13.3 Å². The minimum absolute atomic E-state index is 0.770. The van der Waals surface area contributed by atoms with Gasteiger partial charge in [-0.25, -0.2) is 0 Å². The zero-order chi connectivity index (χ0) is 7.56. The highest BCUT2D eigenvalue weighted by atomic mass is 14.6. The molecule has 0 bridgehead atoms.